The summed E-state index contributed by atoms with van der Waals surface area (Å²) in [6, 6.07) is 6.89. The zero-order valence-corrected chi connectivity index (χ0v) is 13.2. The van der Waals surface area contributed by atoms with Crippen LogP contribution in [0.2, 0.25) is 0 Å². The van der Waals surface area contributed by atoms with Crippen LogP contribution in [0.4, 0.5) is 0 Å². The molecule has 1 aromatic rings. The van der Waals surface area contributed by atoms with E-state index in [9.17, 15) is 9.59 Å². The van der Waals surface area contributed by atoms with Crippen LogP contribution in [0, 0.1) is 0 Å². The van der Waals surface area contributed by atoms with E-state index in [1.54, 1.807) is 0 Å². The van der Waals surface area contributed by atoms with Crippen LogP contribution < -0.4 is 0 Å². The number of aliphatic carboxylic acids is 1. The molecule has 21 heavy (non-hydrogen) atoms. The van der Waals surface area contributed by atoms with E-state index in [0.717, 1.165) is 0 Å². The Morgan fingerprint density at radius 1 is 1.29 bits per heavy atom. The van der Waals surface area contributed by atoms with E-state index >= 15 is 0 Å². The summed E-state index contributed by atoms with van der Waals surface area (Å²) >= 11 is 1.36. The Kier molecular flexibility index (Phi) is 4.52. The number of aliphatic imine (C=N–C) groups is 1. The maximum atomic E-state index is 12.2. The number of thioether (sulfide) groups is 1. The predicted molar refractivity (Wildman–Crippen MR) is 85.4 cm³/mol. The second kappa shape index (κ2) is 6.02. The fourth-order valence-corrected chi connectivity index (χ4v) is 3.04. The fraction of sp³-hybridized carbons (Fsp3) is 0.438. The van der Waals surface area contributed by atoms with E-state index in [4.69, 9.17) is 5.11 Å². The minimum Gasteiger partial charge on any atom is -0.480 e. The first-order valence-corrected chi connectivity index (χ1v) is 7.82. The molecule has 1 atom stereocenters. The van der Waals surface area contributed by atoms with Gasteiger partial charge in [-0.1, -0.05) is 45.0 Å². The average Bonchev–Trinajstić information content (AvgIpc) is 2.86. The highest BCUT2D eigenvalue weighted by atomic mass is 32.2. The predicted octanol–water partition coefficient (Wildman–Crippen LogP) is 3.16. The maximum absolute atomic E-state index is 12.2. The van der Waals surface area contributed by atoms with Crippen LogP contribution in [0.3, 0.4) is 0 Å². The molecule has 1 N–H and O–H groups in total. The monoisotopic (exact) mass is 305 g/mol. The number of carbonyl (C=O) groups is 2. The van der Waals surface area contributed by atoms with Gasteiger partial charge >= 0.3 is 5.97 Å². The number of carboxylic acids is 1. The van der Waals surface area contributed by atoms with Gasteiger partial charge in [0, 0.05) is 11.3 Å². The van der Waals surface area contributed by atoms with Crippen molar-refractivity contribution in [1.29, 1.82) is 0 Å². The normalized spacial score (nSPS) is 18.4. The van der Waals surface area contributed by atoms with E-state index < -0.39 is 12.0 Å². The molecule has 0 fully saturated rings. The summed E-state index contributed by atoms with van der Waals surface area (Å²) in [6.07, 6.45) is 0.184. The van der Waals surface area contributed by atoms with Gasteiger partial charge in [0.25, 0.3) is 0 Å². The Morgan fingerprint density at radius 3 is 2.38 bits per heavy atom. The largest absolute Gasteiger partial charge is 0.480 e. The summed E-state index contributed by atoms with van der Waals surface area (Å²) in [5, 5.41) is 9.50. The summed E-state index contributed by atoms with van der Waals surface area (Å²) in [6.45, 7) is 6.37. The molecule has 0 aliphatic carbocycles. The average molecular weight is 305 g/mol. The number of nitrogens with zero attached hydrogens (tertiary/aromatic N) is 1. The minimum atomic E-state index is -0.931. The molecule has 1 aliphatic heterocycles. The van der Waals surface area contributed by atoms with E-state index in [1.165, 1.54) is 17.3 Å². The van der Waals surface area contributed by atoms with Crippen LogP contribution in [-0.4, -0.2) is 33.7 Å². The molecule has 0 radical (unpaired) electrons. The van der Waals surface area contributed by atoms with Crippen LogP contribution >= 0.6 is 11.8 Å². The first-order valence-electron chi connectivity index (χ1n) is 6.83. The first kappa shape index (κ1) is 15.8. The highest BCUT2D eigenvalue weighted by molar-refractivity contribution is 8.14. The minimum absolute atomic E-state index is 0.0206. The third-order valence-corrected chi connectivity index (χ3v) is 4.44. The summed E-state index contributed by atoms with van der Waals surface area (Å²) in [7, 11) is 0. The molecule has 0 aromatic heterocycles. The van der Waals surface area contributed by atoms with Crippen molar-refractivity contribution in [3.8, 4) is 0 Å². The summed E-state index contributed by atoms with van der Waals surface area (Å²) in [4.78, 5) is 27.1. The molecule has 0 saturated heterocycles. The lowest BCUT2D eigenvalue weighted by Gasteiger charge is -2.18. The van der Waals surface area contributed by atoms with Crippen molar-refractivity contribution in [2.24, 2.45) is 4.99 Å². The Hall–Kier alpha value is -1.62. The Labute approximate surface area is 128 Å². The smallest absolute Gasteiger partial charge is 0.329 e. The van der Waals surface area contributed by atoms with Gasteiger partial charge in [-0.05, 0) is 11.0 Å². The summed E-state index contributed by atoms with van der Waals surface area (Å²) < 4.78 is 0. The molecule has 1 unspecified atom stereocenters. The molecule has 0 amide bonds. The number of ketones is 1. The Balaban J connectivity index is 2.05. The van der Waals surface area contributed by atoms with E-state index in [-0.39, 0.29) is 17.6 Å². The van der Waals surface area contributed by atoms with Crippen molar-refractivity contribution in [1.82, 2.24) is 0 Å². The molecule has 1 heterocycles. The second-order valence-corrected chi connectivity index (χ2v) is 7.21. The second-order valence-electron chi connectivity index (χ2n) is 6.12. The highest BCUT2D eigenvalue weighted by Gasteiger charge is 2.25. The Bertz CT molecular complexity index is 585. The standard InChI is InChI=1S/C16H19NO3S/c1-16(2,3)11-6-4-10(5-7-11)13(18)8-14-17-12(9-21-14)15(19)20/h4-7,12H,8-9H2,1-3H3,(H,19,20). The van der Waals surface area contributed by atoms with Gasteiger partial charge in [0.15, 0.2) is 11.8 Å². The number of Topliss-reactive ketones (excluding diaryl/α,β-unsaturated/α-hetero) is 1. The molecular formula is C16H19NO3S. The van der Waals surface area contributed by atoms with Crippen molar-refractivity contribution in [2.45, 2.75) is 38.6 Å². The van der Waals surface area contributed by atoms with Gasteiger partial charge in [-0.3, -0.25) is 9.79 Å². The topological polar surface area (TPSA) is 66.7 Å². The molecule has 0 bridgehead atoms. The van der Waals surface area contributed by atoms with Crippen LogP contribution in [0.15, 0.2) is 29.3 Å². The van der Waals surface area contributed by atoms with Crippen LogP contribution in [-0.2, 0) is 10.2 Å². The molecule has 5 heteroatoms. The molecule has 4 nitrogen and oxygen atoms in total. The van der Waals surface area contributed by atoms with Gasteiger partial charge in [-0.2, -0.15) is 0 Å². The van der Waals surface area contributed by atoms with Gasteiger partial charge in [0.05, 0.1) is 11.5 Å². The number of benzene rings is 1. The number of hydrogen-bond donors (Lipinski definition) is 1. The summed E-state index contributed by atoms with van der Waals surface area (Å²) in [5.41, 5.74) is 1.88. The molecule has 1 aliphatic rings. The number of rotatable bonds is 4. The van der Waals surface area contributed by atoms with Crippen molar-refractivity contribution >= 4 is 28.6 Å². The van der Waals surface area contributed by atoms with Gasteiger partial charge in [-0.25, -0.2) is 4.79 Å². The number of carboxylic acid groups (broad SMARTS) is 1. The molecule has 0 saturated carbocycles. The molecule has 0 spiro atoms. The molecule has 1 aromatic carbocycles. The first-order chi connectivity index (χ1) is 9.77. The molecule has 112 valence electrons. The lowest BCUT2D eigenvalue weighted by molar-refractivity contribution is -0.137. The molecule has 2 rings (SSSR count). The van der Waals surface area contributed by atoms with Crippen molar-refractivity contribution in [2.75, 3.05) is 5.75 Å². The number of carbonyl (C=O) groups excluding carboxylic acids is 1. The fourth-order valence-electron chi connectivity index (χ4n) is 2.04. The zero-order valence-electron chi connectivity index (χ0n) is 12.4. The van der Waals surface area contributed by atoms with Crippen LogP contribution in [0.25, 0.3) is 0 Å². The van der Waals surface area contributed by atoms with E-state index in [1.807, 2.05) is 24.3 Å². The third-order valence-electron chi connectivity index (χ3n) is 3.38. The lowest BCUT2D eigenvalue weighted by Crippen LogP contribution is -2.17. The van der Waals surface area contributed by atoms with Gasteiger partial charge in [-0.15, -0.1) is 11.8 Å². The SMILES string of the molecule is CC(C)(C)c1ccc(C(=O)CC2=NC(C(=O)O)CS2)cc1. The Morgan fingerprint density at radius 2 is 1.90 bits per heavy atom. The van der Waals surface area contributed by atoms with Crippen LogP contribution in [0.5, 0.6) is 0 Å². The van der Waals surface area contributed by atoms with Crippen molar-refractivity contribution < 1.29 is 14.7 Å². The molecular weight excluding hydrogens is 286 g/mol. The lowest BCUT2D eigenvalue weighted by atomic mass is 9.86. The van der Waals surface area contributed by atoms with E-state index in [2.05, 4.69) is 25.8 Å². The van der Waals surface area contributed by atoms with Gasteiger partial charge in [0.1, 0.15) is 0 Å². The highest BCUT2D eigenvalue weighted by Crippen LogP contribution is 2.24. The maximum Gasteiger partial charge on any atom is 0.329 e. The third kappa shape index (κ3) is 3.94. The quantitative estimate of drug-likeness (QED) is 0.868. The van der Waals surface area contributed by atoms with E-state index in [0.29, 0.717) is 16.4 Å². The van der Waals surface area contributed by atoms with Gasteiger partial charge < -0.3 is 5.11 Å². The van der Waals surface area contributed by atoms with Gasteiger partial charge in [0.2, 0.25) is 0 Å². The van der Waals surface area contributed by atoms with Crippen molar-refractivity contribution in [3.05, 3.63) is 35.4 Å². The van der Waals surface area contributed by atoms with Crippen molar-refractivity contribution in [3.63, 3.8) is 0 Å². The van der Waals surface area contributed by atoms with Crippen LogP contribution in [0.1, 0.15) is 43.1 Å². The summed E-state index contributed by atoms with van der Waals surface area (Å²) in [5.74, 6) is -0.534. The zero-order chi connectivity index (χ0) is 15.6. The number of hydrogen-bond acceptors (Lipinski definition) is 4.